The predicted molar refractivity (Wildman–Crippen MR) is 28.0 cm³/mol. The van der Waals surface area contributed by atoms with Crippen molar-refractivity contribution in [2.75, 3.05) is 0 Å². The maximum absolute atomic E-state index is 9.82. The van der Waals surface area contributed by atoms with Crippen LogP contribution < -0.4 is 10.3 Å². The van der Waals surface area contributed by atoms with E-state index in [9.17, 15) is 4.79 Å². The van der Waals surface area contributed by atoms with Gasteiger partial charge in [0.05, 0.1) is 5.70 Å². The number of carbonyl (C=O) groups is 1. The lowest BCUT2D eigenvalue weighted by Gasteiger charge is -1.88. The van der Waals surface area contributed by atoms with Gasteiger partial charge < -0.3 is 5.43 Å². The first-order valence-corrected chi connectivity index (χ1v) is 2.63. The Hall–Kier alpha value is -0.480. The Labute approximate surface area is 45.3 Å². The Morgan fingerprint density at radius 3 is 3.00 bits per heavy atom. The summed E-state index contributed by atoms with van der Waals surface area (Å²) >= 11 is 1.35. The zero-order valence-electron chi connectivity index (χ0n) is 3.47. The number of nitrogens with one attached hydrogen (secondary N) is 2. The van der Waals surface area contributed by atoms with Crippen molar-refractivity contribution in [1.82, 2.24) is 10.3 Å². The maximum Gasteiger partial charge on any atom is 0.167 e. The molecule has 0 atom stereocenters. The van der Waals surface area contributed by atoms with E-state index in [-0.39, 0.29) is 0 Å². The molecule has 0 aromatic rings. The largest absolute Gasteiger partial charge is 0.308 e. The molecule has 0 saturated carbocycles. The topological polar surface area (TPSA) is 41.1 Å². The van der Waals surface area contributed by atoms with Crippen molar-refractivity contribution in [3.63, 3.8) is 0 Å². The zero-order chi connectivity index (χ0) is 5.11. The molecule has 1 aliphatic heterocycles. The summed E-state index contributed by atoms with van der Waals surface area (Å²) in [5.41, 5.74) is 3.20. The molecule has 0 saturated heterocycles. The predicted octanol–water partition coefficient (Wildman–Crippen LogP) is -0.217. The highest BCUT2D eigenvalue weighted by Crippen LogP contribution is 2.02. The van der Waals surface area contributed by atoms with Crippen molar-refractivity contribution in [3.05, 3.63) is 11.1 Å². The average molecular weight is 116 g/mol. The quantitative estimate of drug-likeness (QED) is 0.367. The Morgan fingerprint density at radius 2 is 2.71 bits per heavy atom. The second-order valence-corrected chi connectivity index (χ2v) is 1.71. The summed E-state index contributed by atoms with van der Waals surface area (Å²) in [7, 11) is 0. The van der Waals surface area contributed by atoms with E-state index < -0.39 is 0 Å². The lowest BCUT2D eigenvalue weighted by atomic mass is 10.6. The van der Waals surface area contributed by atoms with Gasteiger partial charge >= 0.3 is 0 Å². The molecule has 1 aliphatic rings. The molecule has 0 aromatic carbocycles. The van der Waals surface area contributed by atoms with E-state index >= 15 is 0 Å². The number of hydrogen-bond donors (Lipinski definition) is 2. The van der Waals surface area contributed by atoms with Crippen LogP contribution >= 0.6 is 11.9 Å². The fourth-order valence-electron chi connectivity index (χ4n) is 0.268. The van der Waals surface area contributed by atoms with Crippen LogP contribution in [0.5, 0.6) is 0 Å². The monoisotopic (exact) mass is 116 g/mol. The molecule has 0 unspecified atom stereocenters. The van der Waals surface area contributed by atoms with Crippen LogP contribution in [0.25, 0.3) is 0 Å². The van der Waals surface area contributed by atoms with Crippen molar-refractivity contribution < 1.29 is 4.79 Å². The normalized spacial score (nSPS) is 18.0. The van der Waals surface area contributed by atoms with Crippen molar-refractivity contribution >= 4 is 18.2 Å². The van der Waals surface area contributed by atoms with Crippen LogP contribution in [0.1, 0.15) is 0 Å². The summed E-state index contributed by atoms with van der Waals surface area (Å²) in [5.74, 6) is 0. The molecule has 38 valence electrons. The van der Waals surface area contributed by atoms with Crippen LogP contribution in [0.15, 0.2) is 11.1 Å². The first-order valence-electron chi connectivity index (χ1n) is 1.75. The molecule has 7 heavy (non-hydrogen) atoms. The second kappa shape index (κ2) is 1.99. The minimum Gasteiger partial charge on any atom is -0.308 e. The molecule has 1 rings (SSSR count). The third-order valence-corrected chi connectivity index (χ3v) is 1.16. The van der Waals surface area contributed by atoms with Crippen molar-refractivity contribution in [3.8, 4) is 0 Å². The van der Waals surface area contributed by atoms with Gasteiger partial charge in [-0.15, -0.1) is 0 Å². The van der Waals surface area contributed by atoms with Crippen molar-refractivity contribution in [1.29, 1.82) is 0 Å². The molecule has 1 heterocycles. The minimum atomic E-state index is 0.588. The van der Waals surface area contributed by atoms with E-state index in [1.54, 1.807) is 5.41 Å². The number of aldehydes is 1. The summed E-state index contributed by atoms with van der Waals surface area (Å²) in [5, 5.41) is 1.70. The second-order valence-electron chi connectivity index (χ2n) is 1.04. The molecule has 2 N–H and O–H groups in total. The Bertz CT molecular complexity index is 112. The summed E-state index contributed by atoms with van der Waals surface area (Å²) in [6, 6.07) is 0. The smallest absolute Gasteiger partial charge is 0.167 e. The van der Waals surface area contributed by atoms with Gasteiger partial charge in [0.25, 0.3) is 0 Å². The molecule has 0 spiro atoms. The third-order valence-electron chi connectivity index (χ3n) is 0.567. The molecular weight excluding hydrogens is 112 g/mol. The van der Waals surface area contributed by atoms with Crippen LogP contribution in [0.3, 0.4) is 0 Å². The lowest BCUT2D eigenvalue weighted by Crippen LogP contribution is -2.18. The van der Waals surface area contributed by atoms with Crippen LogP contribution in [0.4, 0.5) is 0 Å². The summed E-state index contributed by atoms with van der Waals surface area (Å²) in [4.78, 5) is 12.5. The van der Waals surface area contributed by atoms with Gasteiger partial charge in [0.2, 0.25) is 0 Å². The van der Waals surface area contributed by atoms with E-state index in [1.165, 1.54) is 11.9 Å². The third kappa shape index (κ3) is 0.942. The molecule has 0 aliphatic carbocycles. The average Bonchev–Trinajstić information content (AvgIpc) is 2.14. The summed E-state index contributed by atoms with van der Waals surface area (Å²) in [6.07, 6.45) is 0.757. The summed E-state index contributed by atoms with van der Waals surface area (Å²) in [6.45, 7) is 0. The molecule has 0 bridgehead atoms. The molecule has 0 radical (unpaired) electrons. The number of carbonyl (C=O) groups excluding carboxylic acids is 1. The standard InChI is InChI=1S/C3H4N2OS/c6-1-3-2-7-5-4-3/h1-2,4-5H. The molecule has 0 fully saturated rings. The Kier molecular flexibility index (Phi) is 1.33. The van der Waals surface area contributed by atoms with E-state index in [4.69, 9.17) is 0 Å². The highest BCUT2D eigenvalue weighted by molar-refractivity contribution is 8.00. The highest BCUT2D eigenvalue weighted by atomic mass is 32.2. The van der Waals surface area contributed by atoms with Gasteiger partial charge in [-0.2, -0.15) is 4.83 Å². The van der Waals surface area contributed by atoms with E-state index in [1.807, 2.05) is 0 Å². The number of hydrazine groups is 1. The van der Waals surface area contributed by atoms with Crippen LogP contribution in [0.2, 0.25) is 0 Å². The molecule has 4 heteroatoms. The van der Waals surface area contributed by atoms with E-state index in [2.05, 4.69) is 10.3 Å². The van der Waals surface area contributed by atoms with Crippen molar-refractivity contribution in [2.24, 2.45) is 0 Å². The molecule has 0 aromatic heterocycles. The van der Waals surface area contributed by atoms with Crippen LogP contribution in [-0.2, 0) is 4.79 Å². The molecule has 3 nitrogen and oxygen atoms in total. The van der Waals surface area contributed by atoms with Gasteiger partial charge in [-0.25, -0.2) is 0 Å². The van der Waals surface area contributed by atoms with Gasteiger partial charge in [-0.3, -0.25) is 4.79 Å². The van der Waals surface area contributed by atoms with Gasteiger partial charge in [0.1, 0.15) is 0 Å². The molecular formula is C3H4N2OS. The Morgan fingerprint density at radius 1 is 1.86 bits per heavy atom. The minimum absolute atomic E-state index is 0.588. The van der Waals surface area contributed by atoms with Crippen molar-refractivity contribution in [2.45, 2.75) is 0 Å². The van der Waals surface area contributed by atoms with Gasteiger partial charge in [-0.1, -0.05) is 0 Å². The van der Waals surface area contributed by atoms with Gasteiger partial charge in [0.15, 0.2) is 6.29 Å². The van der Waals surface area contributed by atoms with E-state index in [0.29, 0.717) is 5.70 Å². The lowest BCUT2D eigenvalue weighted by molar-refractivity contribution is -0.105. The number of hydrogen-bond acceptors (Lipinski definition) is 4. The van der Waals surface area contributed by atoms with Crippen LogP contribution in [0, 0.1) is 0 Å². The van der Waals surface area contributed by atoms with Gasteiger partial charge in [-0.05, 0) is 11.9 Å². The number of rotatable bonds is 1. The SMILES string of the molecule is O=CC1=CSNN1. The Balaban J connectivity index is 2.51. The first kappa shape index (κ1) is 4.67. The molecule has 0 amide bonds. The zero-order valence-corrected chi connectivity index (χ0v) is 4.29. The number of allylic oxidation sites excluding steroid dienone is 1. The van der Waals surface area contributed by atoms with Gasteiger partial charge in [0, 0.05) is 5.41 Å². The fraction of sp³-hybridized carbons (Fsp3) is 0. The first-order chi connectivity index (χ1) is 3.43. The highest BCUT2D eigenvalue weighted by Gasteiger charge is 1.97. The van der Waals surface area contributed by atoms with E-state index in [0.717, 1.165) is 6.29 Å². The summed E-state index contributed by atoms with van der Waals surface area (Å²) < 4.78 is 0. The maximum atomic E-state index is 9.82. The fourth-order valence-corrected chi connectivity index (χ4v) is 0.745. The van der Waals surface area contributed by atoms with Crippen LogP contribution in [-0.4, -0.2) is 6.29 Å².